The summed E-state index contributed by atoms with van der Waals surface area (Å²) < 4.78 is 0. The van der Waals surface area contributed by atoms with Gasteiger partial charge in [-0.2, -0.15) is 5.48 Å². The van der Waals surface area contributed by atoms with E-state index in [1.165, 1.54) is 7.11 Å². The lowest BCUT2D eigenvalue weighted by Crippen LogP contribution is -2.27. The molecule has 1 amide bonds. The monoisotopic (exact) mass is 140 g/mol. The van der Waals surface area contributed by atoms with Crippen molar-refractivity contribution in [1.29, 1.82) is 0 Å². The predicted octanol–water partition coefficient (Wildman–Crippen LogP) is -0.956. The molecule has 0 heterocycles. The van der Waals surface area contributed by atoms with Crippen molar-refractivity contribution in [2.45, 2.75) is 0 Å². The molecular formula is C3H9ClN2O2. The zero-order valence-electron chi connectivity index (χ0n) is 4.51. The summed E-state index contributed by atoms with van der Waals surface area (Å²) in [7, 11) is 1.42. The first kappa shape index (κ1) is 10.6. The van der Waals surface area contributed by atoms with Gasteiger partial charge in [-0.25, -0.2) is 0 Å². The summed E-state index contributed by atoms with van der Waals surface area (Å²) in [5.41, 5.74) is 6.97. The Morgan fingerprint density at radius 2 is 2.38 bits per heavy atom. The van der Waals surface area contributed by atoms with Crippen LogP contribution in [0.3, 0.4) is 0 Å². The van der Waals surface area contributed by atoms with Crippen molar-refractivity contribution in [3.8, 4) is 0 Å². The number of carbonyl (C=O) groups is 1. The summed E-state index contributed by atoms with van der Waals surface area (Å²) in [6.07, 6.45) is 0. The standard InChI is InChI=1S/C3H8N2O2.ClH/c1-7-5-2-3(4)6;/h5H,2H2,1H3,(H2,4,6);1H. The van der Waals surface area contributed by atoms with E-state index in [1.54, 1.807) is 0 Å². The molecule has 0 unspecified atom stereocenters. The highest BCUT2D eigenvalue weighted by atomic mass is 35.5. The Morgan fingerprint density at radius 1 is 1.88 bits per heavy atom. The fourth-order valence-electron chi connectivity index (χ4n) is 0.143. The van der Waals surface area contributed by atoms with Gasteiger partial charge in [-0.15, -0.1) is 12.4 Å². The minimum atomic E-state index is -0.429. The van der Waals surface area contributed by atoms with Gasteiger partial charge in [0.15, 0.2) is 0 Å². The molecule has 0 spiro atoms. The number of primary amides is 1. The molecule has 0 fully saturated rings. The van der Waals surface area contributed by atoms with Crippen molar-refractivity contribution in [1.82, 2.24) is 5.48 Å². The molecule has 0 bridgehead atoms. The number of hydroxylamine groups is 1. The maximum atomic E-state index is 9.84. The van der Waals surface area contributed by atoms with Crippen LogP contribution in [0.4, 0.5) is 0 Å². The minimum absolute atomic E-state index is 0. The third-order valence-electron chi connectivity index (χ3n) is 0.391. The fourth-order valence-corrected chi connectivity index (χ4v) is 0.143. The van der Waals surface area contributed by atoms with Gasteiger partial charge in [0.1, 0.15) is 0 Å². The van der Waals surface area contributed by atoms with Crippen molar-refractivity contribution in [3.05, 3.63) is 0 Å². The number of carbonyl (C=O) groups excluding carboxylic acids is 1. The molecule has 4 nitrogen and oxygen atoms in total. The Balaban J connectivity index is 0. The predicted molar refractivity (Wildman–Crippen MR) is 31.5 cm³/mol. The van der Waals surface area contributed by atoms with Gasteiger partial charge < -0.3 is 10.6 Å². The van der Waals surface area contributed by atoms with Crippen molar-refractivity contribution >= 4 is 18.3 Å². The van der Waals surface area contributed by atoms with Crippen LogP contribution in [0.25, 0.3) is 0 Å². The minimum Gasteiger partial charge on any atom is -0.368 e. The summed E-state index contributed by atoms with van der Waals surface area (Å²) in [6, 6.07) is 0. The van der Waals surface area contributed by atoms with Crippen LogP contribution in [0.15, 0.2) is 0 Å². The van der Waals surface area contributed by atoms with Gasteiger partial charge in [-0.1, -0.05) is 0 Å². The molecule has 0 aromatic heterocycles. The molecule has 0 saturated carbocycles. The highest BCUT2D eigenvalue weighted by Gasteiger charge is 1.86. The van der Waals surface area contributed by atoms with E-state index < -0.39 is 5.91 Å². The number of nitrogens with two attached hydrogens (primary N) is 1. The quantitative estimate of drug-likeness (QED) is 0.497. The summed E-state index contributed by atoms with van der Waals surface area (Å²) in [4.78, 5) is 14.1. The number of rotatable bonds is 3. The molecule has 0 aromatic carbocycles. The Morgan fingerprint density at radius 3 is 2.50 bits per heavy atom. The average molecular weight is 141 g/mol. The molecule has 5 heteroatoms. The lowest BCUT2D eigenvalue weighted by molar-refractivity contribution is -0.119. The second-order valence-corrected chi connectivity index (χ2v) is 0.992. The van der Waals surface area contributed by atoms with E-state index in [9.17, 15) is 4.79 Å². The van der Waals surface area contributed by atoms with Crippen LogP contribution in [-0.2, 0) is 9.63 Å². The van der Waals surface area contributed by atoms with Gasteiger partial charge in [0.2, 0.25) is 5.91 Å². The second kappa shape index (κ2) is 6.68. The van der Waals surface area contributed by atoms with Crippen LogP contribution in [0.2, 0.25) is 0 Å². The molecule has 0 saturated heterocycles. The Labute approximate surface area is 53.7 Å². The number of halogens is 1. The van der Waals surface area contributed by atoms with E-state index in [0.29, 0.717) is 0 Å². The van der Waals surface area contributed by atoms with Gasteiger partial charge in [0.25, 0.3) is 0 Å². The van der Waals surface area contributed by atoms with Crippen molar-refractivity contribution in [2.75, 3.05) is 13.7 Å². The first-order chi connectivity index (χ1) is 3.27. The Kier molecular flexibility index (Phi) is 8.87. The zero-order valence-corrected chi connectivity index (χ0v) is 5.33. The van der Waals surface area contributed by atoms with Crippen molar-refractivity contribution < 1.29 is 9.63 Å². The molecule has 3 N–H and O–H groups in total. The Hall–Kier alpha value is -0.320. The topological polar surface area (TPSA) is 64.3 Å². The van der Waals surface area contributed by atoms with Crippen molar-refractivity contribution in [2.24, 2.45) is 5.73 Å². The largest absolute Gasteiger partial charge is 0.368 e. The number of amides is 1. The van der Waals surface area contributed by atoms with Gasteiger partial charge in [0.05, 0.1) is 13.7 Å². The summed E-state index contributed by atoms with van der Waals surface area (Å²) >= 11 is 0. The van der Waals surface area contributed by atoms with Crippen LogP contribution in [0.5, 0.6) is 0 Å². The van der Waals surface area contributed by atoms with Crippen molar-refractivity contribution in [3.63, 3.8) is 0 Å². The summed E-state index contributed by atoms with van der Waals surface area (Å²) in [6.45, 7) is 0.0660. The van der Waals surface area contributed by atoms with E-state index in [2.05, 4.69) is 10.3 Å². The van der Waals surface area contributed by atoms with Crippen LogP contribution >= 0.6 is 12.4 Å². The molecule has 0 aliphatic rings. The maximum absolute atomic E-state index is 9.84. The van der Waals surface area contributed by atoms with Gasteiger partial charge in [0, 0.05) is 0 Å². The molecule has 0 aliphatic carbocycles. The Bertz CT molecular complexity index is 68.3. The number of hydrogen-bond donors (Lipinski definition) is 2. The van der Waals surface area contributed by atoms with E-state index >= 15 is 0 Å². The molecule has 0 aliphatic heterocycles. The molecule has 0 radical (unpaired) electrons. The lowest BCUT2D eigenvalue weighted by atomic mass is 10.7. The number of hydrogen-bond acceptors (Lipinski definition) is 3. The summed E-state index contributed by atoms with van der Waals surface area (Å²) in [5.74, 6) is -0.429. The van der Waals surface area contributed by atoms with E-state index in [1.807, 2.05) is 0 Å². The highest BCUT2D eigenvalue weighted by Crippen LogP contribution is 1.52. The van der Waals surface area contributed by atoms with Crippen LogP contribution in [-0.4, -0.2) is 19.6 Å². The normalized spacial score (nSPS) is 7.62. The molecule has 0 rings (SSSR count). The van der Waals surface area contributed by atoms with Gasteiger partial charge in [-0.05, 0) is 0 Å². The van der Waals surface area contributed by atoms with Crippen LogP contribution in [0, 0.1) is 0 Å². The SMILES string of the molecule is CONCC(N)=O.Cl. The lowest BCUT2D eigenvalue weighted by Gasteiger charge is -1.92. The maximum Gasteiger partial charge on any atom is 0.233 e. The van der Waals surface area contributed by atoms with Gasteiger partial charge >= 0.3 is 0 Å². The van der Waals surface area contributed by atoms with E-state index in [4.69, 9.17) is 5.73 Å². The number of nitrogens with one attached hydrogen (secondary N) is 1. The first-order valence-electron chi connectivity index (χ1n) is 1.81. The van der Waals surface area contributed by atoms with E-state index in [0.717, 1.165) is 0 Å². The molecule has 50 valence electrons. The fraction of sp³-hybridized carbons (Fsp3) is 0.667. The van der Waals surface area contributed by atoms with Crippen LogP contribution in [0.1, 0.15) is 0 Å². The molecule has 0 aromatic rings. The summed E-state index contributed by atoms with van der Waals surface area (Å²) in [5, 5.41) is 0. The molecular weight excluding hydrogens is 131 g/mol. The van der Waals surface area contributed by atoms with Gasteiger partial charge in [-0.3, -0.25) is 4.79 Å². The smallest absolute Gasteiger partial charge is 0.233 e. The third-order valence-corrected chi connectivity index (χ3v) is 0.391. The first-order valence-corrected chi connectivity index (χ1v) is 1.81. The third kappa shape index (κ3) is 9.19. The zero-order chi connectivity index (χ0) is 5.70. The highest BCUT2D eigenvalue weighted by molar-refractivity contribution is 5.85. The van der Waals surface area contributed by atoms with Crippen LogP contribution < -0.4 is 11.2 Å². The van der Waals surface area contributed by atoms with E-state index in [-0.39, 0.29) is 19.0 Å². The molecule has 0 atom stereocenters. The average Bonchev–Trinajstić information content (AvgIpc) is 1.61. The molecule has 8 heavy (non-hydrogen) atoms. The second-order valence-electron chi connectivity index (χ2n) is 0.992.